The molecule has 0 aliphatic carbocycles. The maximum Gasteiger partial charge on any atom is 0.435 e. The Balaban J connectivity index is 1.72. The molecule has 0 saturated carbocycles. The van der Waals surface area contributed by atoms with Gasteiger partial charge in [-0.1, -0.05) is 48.0 Å². The van der Waals surface area contributed by atoms with Crippen LogP contribution in [0.5, 0.6) is 0 Å². The second-order valence-electron chi connectivity index (χ2n) is 6.38. The lowest BCUT2D eigenvalue weighted by Crippen LogP contribution is -2.36. The molecule has 3 aromatic carbocycles. The van der Waals surface area contributed by atoms with Crippen molar-refractivity contribution in [1.82, 2.24) is 5.27 Å². The smallest absolute Gasteiger partial charge is 0.435 e. The number of nitrogens with one attached hydrogen (secondary N) is 1. The number of H-pyrrole nitrogens is 1. The second-order valence-corrected chi connectivity index (χ2v) is 6.38. The Morgan fingerprint density at radius 2 is 1.54 bits per heavy atom. The molecule has 0 bridgehead atoms. The van der Waals surface area contributed by atoms with Crippen LogP contribution in [0.15, 0.2) is 93.3 Å². The van der Waals surface area contributed by atoms with Crippen molar-refractivity contribution >= 4 is 5.71 Å². The summed E-state index contributed by atoms with van der Waals surface area (Å²) in [6.45, 7) is 1.99. The van der Waals surface area contributed by atoms with Crippen LogP contribution in [-0.2, 0) is 0 Å². The van der Waals surface area contributed by atoms with Crippen molar-refractivity contribution in [3.8, 4) is 16.9 Å². The summed E-state index contributed by atoms with van der Waals surface area (Å²) >= 11 is 0. The fraction of sp³-hybridized carbons (Fsp3) is 0.0455. The number of aromatic nitrogens is 2. The van der Waals surface area contributed by atoms with Crippen LogP contribution in [0.4, 0.5) is 0 Å². The molecule has 0 saturated heterocycles. The van der Waals surface area contributed by atoms with Gasteiger partial charge in [0.05, 0.1) is 11.3 Å². The second kappa shape index (κ2) is 7.36. The van der Waals surface area contributed by atoms with Crippen molar-refractivity contribution in [1.29, 1.82) is 0 Å². The lowest BCUT2D eigenvalue weighted by Gasteiger charge is -2.09. The van der Waals surface area contributed by atoms with Crippen LogP contribution in [0, 0.1) is 12.1 Å². The van der Waals surface area contributed by atoms with E-state index < -0.39 is 5.63 Å². The molecule has 4 rings (SSSR count). The zero-order valence-corrected chi connectivity index (χ0v) is 15.1. The topological polar surface area (TPSA) is 85.3 Å². The summed E-state index contributed by atoms with van der Waals surface area (Å²) in [5.41, 5.74) is 4.28. The molecule has 0 unspecified atom stereocenters. The van der Waals surface area contributed by atoms with Gasteiger partial charge in [-0.05, 0) is 46.7 Å². The predicted octanol–water partition coefficient (Wildman–Crippen LogP) is 3.56. The van der Waals surface area contributed by atoms with Gasteiger partial charge in [0.2, 0.25) is 5.69 Å². The van der Waals surface area contributed by atoms with E-state index in [9.17, 15) is 10.0 Å². The van der Waals surface area contributed by atoms with Crippen molar-refractivity contribution in [2.24, 2.45) is 5.16 Å². The van der Waals surface area contributed by atoms with E-state index in [4.69, 9.17) is 4.52 Å². The predicted molar refractivity (Wildman–Crippen MR) is 106 cm³/mol. The van der Waals surface area contributed by atoms with Gasteiger partial charge in [0.15, 0.2) is 0 Å². The summed E-state index contributed by atoms with van der Waals surface area (Å²) in [4.78, 5) is 12.2. The molecule has 6 nitrogen and oxygen atoms in total. The highest BCUT2D eigenvalue weighted by Crippen LogP contribution is 2.16. The first kappa shape index (κ1) is 17.5. The Labute approximate surface area is 161 Å². The van der Waals surface area contributed by atoms with Crippen LogP contribution in [0.2, 0.25) is 0 Å². The van der Waals surface area contributed by atoms with Gasteiger partial charge >= 0.3 is 11.3 Å². The third-order valence-corrected chi connectivity index (χ3v) is 4.51. The van der Waals surface area contributed by atoms with Gasteiger partial charge in [-0.2, -0.15) is 0 Å². The molecule has 1 N–H and O–H groups in total. The summed E-state index contributed by atoms with van der Waals surface area (Å²) in [6, 6.07) is 24.1. The number of aryl methyl sites for hydroxylation is 1. The van der Waals surface area contributed by atoms with Crippen LogP contribution < -0.4 is 10.3 Å². The van der Waals surface area contributed by atoms with Gasteiger partial charge in [0, 0.05) is 17.7 Å². The fourth-order valence-corrected chi connectivity index (χ4v) is 3.05. The van der Waals surface area contributed by atoms with Gasteiger partial charge in [-0.25, -0.2) is 4.79 Å². The van der Waals surface area contributed by atoms with Crippen molar-refractivity contribution < 1.29 is 9.20 Å². The number of hydrogen-bond acceptors (Lipinski definition) is 4. The molecule has 0 fully saturated rings. The molecule has 0 aliphatic rings. The Hall–Kier alpha value is -3.93. The van der Waals surface area contributed by atoms with Crippen molar-refractivity contribution in [2.45, 2.75) is 6.92 Å². The lowest BCUT2D eigenvalue weighted by molar-refractivity contribution is -0.660. The minimum Gasteiger partial charge on any atom is -0.791 e. The maximum atomic E-state index is 12.2. The van der Waals surface area contributed by atoms with Gasteiger partial charge < -0.3 is 10.4 Å². The zero-order valence-electron chi connectivity index (χ0n) is 15.1. The molecule has 0 radical (unpaired) electrons. The molecule has 1 aromatic heterocycles. The molecular weight excluding hydrogens is 354 g/mol. The van der Waals surface area contributed by atoms with E-state index in [0.29, 0.717) is 22.7 Å². The minimum atomic E-state index is -0.461. The number of hydrogen-bond donors (Lipinski definition) is 1. The number of benzene rings is 3. The summed E-state index contributed by atoms with van der Waals surface area (Å²) in [5.74, 6) is 0. The van der Waals surface area contributed by atoms with E-state index in [0.717, 1.165) is 16.7 Å². The average molecular weight is 371 g/mol. The standard InChI is InChI=1S/C22H17N3O3/c1-15-7-9-16(10-8-15)20(23-27)17-11-13-19(14-12-17)25-21(22(26)28-24-25)18-5-3-2-4-6-18/h2-14H,1H3,(H-,24,26,27). The molecule has 6 heteroatoms. The van der Waals surface area contributed by atoms with Crippen LogP contribution >= 0.6 is 0 Å². The van der Waals surface area contributed by atoms with Crippen LogP contribution in [0.3, 0.4) is 0 Å². The molecule has 28 heavy (non-hydrogen) atoms. The largest absolute Gasteiger partial charge is 0.791 e. The van der Waals surface area contributed by atoms with Crippen molar-refractivity contribution in [2.75, 3.05) is 0 Å². The van der Waals surface area contributed by atoms with Gasteiger partial charge in [-0.15, -0.1) is 0 Å². The van der Waals surface area contributed by atoms with E-state index in [1.54, 1.807) is 28.9 Å². The molecule has 0 spiro atoms. The van der Waals surface area contributed by atoms with E-state index in [-0.39, 0.29) is 0 Å². The summed E-state index contributed by atoms with van der Waals surface area (Å²) in [5, 5.41) is 17.3. The Morgan fingerprint density at radius 3 is 2.14 bits per heavy atom. The Morgan fingerprint density at radius 1 is 0.929 bits per heavy atom. The molecule has 0 amide bonds. The zero-order chi connectivity index (χ0) is 19.5. The monoisotopic (exact) mass is 371 g/mol. The Bertz CT molecular complexity index is 1170. The molecule has 138 valence electrons. The van der Waals surface area contributed by atoms with E-state index in [2.05, 4.69) is 10.4 Å². The van der Waals surface area contributed by atoms with Crippen LogP contribution in [0.1, 0.15) is 16.7 Å². The fourth-order valence-electron chi connectivity index (χ4n) is 3.05. The maximum absolute atomic E-state index is 12.2. The normalized spacial score (nSPS) is 11.5. The third-order valence-electron chi connectivity index (χ3n) is 4.51. The summed E-state index contributed by atoms with van der Waals surface area (Å²) < 4.78 is 6.56. The highest BCUT2D eigenvalue weighted by Gasteiger charge is 2.25. The third kappa shape index (κ3) is 3.23. The van der Waals surface area contributed by atoms with E-state index in [1.165, 1.54) is 0 Å². The first-order chi connectivity index (χ1) is 13.7. The average Bonchev–Trinajstić information content (AvgIpc) is 3.12. The first-order valence-corrected chi connectivity index (χ1v) is 8.74. The van der Waals surface area contributed by atoms with E-state index in [1.807, 2.05) is 61.5 Å². The van der Waals surface area contributed by atoms with Gasteiger partial charge in [-0.3, -0.25) is 4.52 Å². The molecule has 0 atom stereocenters. The Kier molecular flexibility index (Phi) is 4.60. The number of rotatable bonds is 4. The number of nitrogens with zero attached hydrogens (tertiary/aromatic N) is 2. The molecule has 0 aliphatic heterocycles. The minimum absolute atomic E-state index is 0.362. The number of aromatic amines is 1. The van der Waals surface area contributed by atoms with Gasteiger partial charge in [0.1, 0.15) is 0 Å². The SMILES string of the molecule is Cc1ccc(/C(=N/[O-])c2ccc(-[n+]3[nH]oc(=O)c3-c3ccccc3)cc2)cc1. The van der Waals surface area contributed by atoms with Crippen LogP contribution in [-0.4, -0.2) is 11.0 Å². The lowest BCUT2D eigenvalue weighted by atomic mass is 10.0. The first-order valence-electron chi connectivity index (χ1n) is 8.74. The molecular formula is C22H17N3O3. The van der Waals surface area contributed by atoms with Gasteiger partial charge in [0.25, 0.3) is 0 Å². The molecule has 4 aromatic rings. The van der Waals surface area contributed by atoms with Crippen molar-refractivity contribution in [3.05, 3.63) is 111 Å². The highest BCUT2D eigenvalue weighted by atomic mass is 16.5. The summed E-state index contributed by atoms with van der Waals surface area (Å²) in [6.07, 6.45) is 0. The quantitative estimate of drug-likeness (QED) is 0.338. The van der Waals surface area contributed by atoms with Crippen molar-refractivity contribution in [3.63, 3.8) is 0 Å². The molecule has 1 heterocycles. The summed E-state index contributed by atoms with van der Waals surface area (Å²) in [7, 11) is 0. The van der Waals surface area contributed by atoms with E-state index >= 15 is 0 Å². The highest BCUT2D eigenvalue weighted by molar-refractivity contribution is 6.13. The van der Waals surface area contributed by atoms with Crippen LogP contribution in [0.25, 0.3) is 16.9 Å².